The van der Waals surface area contributed by atoms with Crippen molar-refractivity contribution in [2.75, 3.05) is 0 Å². The van der Waals surface area contributed by atoms with Crippen molar-refractivity contribution in [3.05, 3.63) is 47.1 Å². The molecule has 0 saturated carbocycles. The molecule has 0 aromatic carbocycles. The molecule has 0 aliphatic rings. The standard InChI is InChI=1S/C10H14O.C5H8O/c1-8(2)5-6-10(7-11)9(3)4;1-5(2)3-4-6/h5-7H,3H2,1-2,4H3;3-4H,1-2H3/b10-6-;. The summed E-state index contributed by atoms with van der Waals surface area (Å²) in [4.78, 5) is 19.9. The lowest BCUT2D eigenvalue weighted by molar-refractivity contribution is -0.105. The molecule has 0 aliphatic carbocycles. The van der Waals surface area contributed by atoms with Crippen molar-refractivity contribution in [3.8, 4) is 0 Å². The lowest BCUT2D eigenvalue weighted by Gasteiger charge is -1.93. The molecule has 0 bridgehead atoms. The van der Waals surface area contributed by atoms with Gasteiger partial charge in [0, 0.05) is 5.57 Å². The van der Waals surface area contributed by atoms with Crippen LogP contribution in [0.3, 0.4) is 0 Å². The minimum atomic E-state index is 0.659. The van der Waals surface area contributed by atoms with Gasteiger partial charge in [-0.05, 0) is 46.3 Å². The van der Waals surface area contributed by atoms with E-state index in [-0.39, 0.29) is 0 Å². The second kappa shape index (κ2) is 10.8. The van der Waals surface area contributed by atoms with Crippen LogP contribution in [0.4, 0.5) is 0 Å². The Labute approximate surface area is 104 Å². The Balaban J connectivity index is 0. The van der Waals surface area contributed by atoms with E-state index in [9.17, 15) is 9.59 Å². The van der Waals surface area contributed by atoms with E-state index in [0.29, 0.717) is 5.57 Å². The average Bonchev–Trinajstić information content (AvgIpc) is 2.18. The summed E-state index contributed by atoms with van der Waals surface area (Å²) in [5.41, 5.74) is 3.68. The maximum absolute atomic E-state index is 10.4. The average molecular weight is 234 g/mol. The second-order valence-corrected chi connectivity index (χ2v) is 4.14. The van der Waals surface area contributed by atoms with E-state index in [4.69, 9.17) is 0 Å². The van der Waals surface area contributed by atoms with Crippen LogP contribution in [0, 0.1) is 0 Å². The minimum absolute atomic E-state index is 0.659. The van der Waals surface area contributed by atoms with Gasteiger partial charge in [0.15, 0.2) is 0 Å². The van der Waals surface area contributed by atoms with Gasteiger partial charge < -0.3 is 0 Å². The highest BCUT2D eigenvalue weighted by molar-refractivity contribution is 5.80. The largest absolute Gasteiger partial charge is 0.299 e. The van der Waals surface area contributed by atoms with Gasteiger partial charge in [-0.2, -0.15) is 0 Å². The Kier molecular flexibility index (Phi) is 11.2. The molecule has 0 fully saturated rings. The van der Waals surface area contributed by atoms with E-state index >= 15 is 0 Å². The first-order valence-corrected chi connectivity index (χ1v) is 5.40. The second-order valence-electron chi connectivity index (χ2n) is 4.14. The van der Waals surface area contributed by atoms with Gasteiger partial charge in [0.25, 0.3) is 0 Å². The summed E-state index contributed by atoms with van der Waals surface area (Å²) in [7, 11) is 0. The topological polar surface area (TPSA) is 34.1 Å². The number of aldehydes is 2. The number of hydrogen-bond donors (Lipinski definition) is 0. The van der Waals surface area contributed by atoms with Gasteiger partial charge in [-0.25, -0.2) is 0 Å². The third kappa shape index (κ3) is 14.3. The van der Waals surface area contributed by atoms with Gasteiger partial charge in [0.2, 0.25) is 0 Å². The summed E-state index contributed by atoms with van der Waals surface area (Å²) in [5, 5.41) is 0. The molecule has 0 rings (SSSR count). The third-order valence-corrected chi connectivity index (χ3v) is 1.62. The Hall–Kier alpha value is -1.70. The SMILES string of the molecule is C=C(C)/C(C=O)=C\C=C(C)C.CC(C)=CC=O. The lowest BCUT2D eigenvalue weighted by Crippen LogP contribution is -1.83. The fraction of sp³-hybridized carbons (Fsp3) is 0.333. The molecule has 0 amide bonds. The van der Waals surface area contributed by atoms with Crippen LogP contribution in [-0.4, -0.2) is 12.6 Å². The van der Waals surface area contributed by atoms with Crippen LogP contribution in [0.15, 0.2) is 47.1 Å². The van der Waals surface area contributed by atoms with E-state index in [1.54, 1.807) is 6.08 Å². The molecule has 0 N–H and O–H groups in total. The van der Waals surface area contributed by atoms with E-state index in [1.807, 2.05) is 40.7 Å². The van der Waals surface area contributed by atoms with Gasteiger partial charge in [-0.1, -0.05) is 29.9 Å². The summed E-state index contributed by atoms with van der Waals surface area (Å²) in [6.07, 6.45) is 6.82. The first kappa shape index (κ1) is 17.7. The number of hydrogen-bond acceptors (Lipinski definition) is 2. The summed E-state index contributed by atoms with van der Waals surface area (Å²) in [6, 6.07) is 0. The summed E-state index contributed by atoms with van der Waals surface area (Å²) in [6.45, 7) is 13.2. The van der Waals surface area contributed by atoms with E-state index in [2.05, 4.69) is 6.58 Å². The van der Waals surface area contributed by atoms with Crippen molar-refractivity contribution in [1.29, 1.82) is 0 Å². The van der Waals surface area contributed by atoms with Crippen LogP contribution in [0.25, 0.3) is 0 Å². The number of carbonyl (C=O) groups is 2. The molecule has 0 spiro atoms. The van der Waals surface area contributed by atoms with Crippen LogP contribution in [0.2, 0.25) is 0 Å². The van der Waals surface area contributed by atoms with Crippen molar-refractivity contribution >= 4 is 12.6 Å². The molecule has 2 heteroatoms. The highest BCUT2D eigenvalue weighted by Crippen LogP contribution is 2.03. The fourth-order valence-electron chi connectivity index (χ4n) is 0.675. The van der Waals surface area contributed by atoms with Gasteiger partial charge in [0.05, 0.1) is 0 Å². The monoisotopic (exact) mass is 234 g/mol. The molecule has 0 heterocycles. The highest BCUT2D eigenvalue weighted by atomic mass is 16.1. The quantitative estimate of drug-likeness (QED) is 0.421. The normalized spacial score (nSPS) is 9.35. The molecule has 0 radical (unpaired) electrons. The van der Waals surface area contributed by atoms with Crippen molar-refractivity contribution in [1.82, 2.24) is 0 Å². The van der Waals surface area contributed by atoms with Gasteiger partial charge >= 0.3 is 0 Å². The van der Waals surface area contributed by atoms with Gasteiger partial charge in [0.1, 0.15) is 12.6 Å². The molecule has 0 aromatic rings. The van der Waals surface area contributed by atoms with Crippen molar-refractivity contribution in [3.63, 3.8) is 0 Å². The minimum Gasteiger partial charge on any atom is -0.299 e. The molecule has 0 atom stereocenters. The molecular weight excluding hydrogens is 212 g/mol. The Morgan fingerprint density at radius 3 is 1.47 bits per heavy atom. The zero-order valence-corrected chi connectivity index (χ0v) is 11.4. The Morgan fingerprint density at radius 1 is 0.824 bits per heavy atom. The fourth-order valence-corrected chi connectivity index (χ4v) is 0.675. The first-order valence-electron chi connectivity index (χ1n) is 5.40. The van der Waals surface area contributed by atoms with E-state index < -0.39 is 0 Å². The van der Waals surface area contributed by atoms with E-state index in [0.717, 1.165) is 23.7 Å². The molecular formula is C15H22O2. The van der Waals surface area contributed by atoms with Crippen LogP contribution in [0.1, 0.15) is 34.6 Å². The summed E-state index contributed by atoms with van der Waals surface area (Å²) < 4.78 is 0. The Bertz CT molecular complexity index is 347. The van der Waals surface area contributed by atoms with Crippen LogP contribution < -0.4 is 0 Å². The van der Waals surface area contributed by atoms with Crippen LogP contribution in [0.5, 0.6) is 0 Å². The van der Waals surface area contributed by atoms with Gasteiger partial charge in [-0.3, -0.25) is 9.59 Å². The zero-order valence-electron chi connectivity index (χ0n) is 11.4. The molecule has 0 aromatic heterocycles. The Morgan fingerprint density at radius 2 is 1.29 bits per heavy atom. The maximum atomic E-state index is 10.4. The van der Waals surface area contributed by atoms with E-state index in [1.165, 1.54) is 11.6 Å². The van der Waals surface area contributed by atoms with Crippen molar-refractivity contribution < 1.29 is 9.59 Å². The molecule has 0 saturated heterocycles. The van der Waals surface area contributed by atoms with Crippen LogP contribution >= 0.6 is 0 Å². The highest BCUT2D eigenvalue weighted by Gasteiger charge is 1.91. The summed E-state index contributed by atoms with van der Waals surface area (Å²) in [5.74, 6) is 0. The molecule has 94 valence electrons. The predicted octanol–water partition coefficient (Wildman–Crippen LogP) is 3.81. The maximum Gasteiger partial charge on any atom is 0.150 e. The number of rotatable bonds is 4. The van der Waals surface area contributed by atoms with Crippen molar-refractivity contribution in [2.45, 2.75) is 34.6 Å². The van der Waals surface area contributed by atoms with Crippen molar-refractivity contribution in [2.24, 2.45) is 0 Å². The lowest BCUT2D eigenvalue weighted by atomic mass is 10.1. The molecule has 17 heavy (non-hydrogen) atoms. The molecule has 0 unspecified atom stereocenters. The molecule has 2 nitrogen and oxygen atoms in total. The number of allylic oxidation sites excluding steroid dienone is 7. The predicted molar refractivity (Wildman–Crippen MR) is 73.9 cm³/mol. The first-order chi connectivity index (χ1) is 7.84. The summed E-state index contributed by atoms with van der Waals surface area (Å²) >= 11 is 0. The van der Waals surface area contributed by atoms with Crippen LogP contribution in [-0.2, 0) is 9.59 Å². The molecule has 0 aliphatic heterocycles. The van der Waals surface area contributed by atoms with Gasteiger partial charge in [-0.15, -0.1) is 0 Å². The smallest absolute Gasteiger partial charge is 0.150 e. The zero-order chi connectivity index (χ0) is 13.8. The third-order valence-electron chi connectivity index (χ3n) is 1.62. The number of carbonyl (C=O) groups excluding carboxylic acids is 2.